The van der Waals surface area contributed by atoms with E-state index in [0.717, 1.165) is 11.1 Å². The zero-order valence-electron chi connectivity index (χ0n) is 9.97. The van der Waals surface area contributed by atoms with Gasteiger partial charge < -0.3 is 4.42 Å². The molecule has 0 bridgehead atoms. The fraction of sp³-hybridized carbons (Fsp3) is 0.154. The van der Waals surface area contributed by atoms with E-state index in [9.17, 15) is 14.9 Å². The molecule has 0 aliphatic carbocycles. The molecule has 1 aromatic carbocycles. The molecule has 0 aliphatic heterocycles. The zero-order valence-corrected chi connectivity index (χ0v) is 9.97. The van der Waals surface area contributed by atoms with E-state index in [-0.39, 0.29) is 11.5 Å². The zero-order chi connectivity index (χ0) is 13.3. The molecule has 0 radical (unpaired) electrons. The molecule has 2 aromatic rings. The van der Waals surface area contributed by atoms with Crippen molar-refractivity contribution < 1.29 is 14.1 Å². The first kappa shape index (κ1) is 12.0. The van der Waals surface area contributed by atoms with Gasteiger partial charge in [0, 0.05) is 5.56 Å². The molecule has 1 aromatic heterocycles. The Morgan fingerprint density at radius 3 is 2.56 bits per heavy atom. The highest BCUT2D eigenvalue weighted by atomic mass is 16.6. The molecule has 0 amide bonds. The molecule has 5 heteroatoms. The maximum atomic E-state index is 12.1. The lowest BCUT2D eigenvalue weighted by atomic mass is 10.0. The average molecular weight is 245 g/mol. The fourth-order valence-electron chi connectivity index (χ4n) is 1.66. The maximum absolute atomic E-state index is 12.1. The van der Waals surface area contributed by atoms with Crippen molar-refractivity contribution in [3.05, 3.63) is 62.9 Å². The summed E-state index contributed by atoms with van der Waals surface area (Å²) in [6, 6.07) is 7.98. The Hall–Kier alpha value is -2.43. The van der Waals surface area contributed by atoms with Crippen LogP contribution in [0.15, 0.2) is 34.7 Å². The number of ketones is 1. The van der Waals surface area contributed by atoms with Gasteiger partial charge in [-0.05, 0) is 31.5 Å². The summed E-state index contributed by atoms with van der Waals surface area (Å²) in [7, 11) is 0. The molecular weight excluding hydrogens is 234 g/mol. The Balaban J connectivity index is 2.41. The molecule has 1 heterocycles. The number of nitrogens with zero attached hydrogens (tertiary/aromatic N) is 1. The minimum absolute atomic E-state index is 0.0181. The van der Waals surface area contributed by atoms with E-state index < -0.39 is 10.8 Å². The highest BCUT2D eigenvalue weighted by Gasteiger charge is 2.19. The van der Waals surface area contributed by atoms with E-state index in [4.69, 9.17) is 4.42 Å². The average Bonchev–Trinajstić information content (AvgIpc) is 2.81. The van der Waals surface area contributed by atoms with Crippen LogP contribution in [-0.4, -0.2) is 10.7 Å². The number of hydrogen-bond donors (Lipinski definition) is 0. The van der Waals surface area contributed by atoms with Crippen LogP contribution >= 0.6 is 0 Å². The van der Waals surface area contributed by atoms with Crippen LogP contribution in [0.25, 0.3) is 0 Å². The second-order valence-corrected chi connectivity index (χ2v) is 4.04. The molecule has 0 unspecified atom stereocenters. The van der Waals surface area contributed by atoms with E-state index in [1.54, 1.807) is 6.07 Å². The predicted molar refractivity (Wildman–Crippen MR) is 64.7 cm³/mol. The van der Waals surface area contributed by atoms with E-state index in [1.165, 1.54) is 12.1 Å². The molecule has 18 heavy (non-hydrogen) atoms. The third-order valence-electron chi connectivity index (χ3n) is 2.63. The molecule has 0 saturated heterocycles. The molecule has 2 rings (SSSR count). The molecule has 92 valence electrons. The van der Waals surface area contributed by atoms with Gasteiger partial charge in [-0.3, -0.25) is 14.9 Å². The van der Waals surface area contributed by atoms with E-state index in [1.807, 2.05) is 26.0 Å². The van der Waals surface area contributed by atoms with Gasteiger partial charge in [0.15, 0.2) is 5.76 Å². The minimum Gasteiger partial charge on any atom is -0.397 e. The van der Waals surface area contributed by atoms with Gasteiger partial charge >= 0.3 is 5.88 Å². The summed E-state index contributed by atoms with van der Waals surface area (Å²) < 4.78 is 4.91. The van der Waals surface area contributed by atoms with Crippen LogP contribution in [0.3, 0.4) is 0 Å². The summed E-state index contributed by atoms with van der Waals surface area (Å²) in [5.41, 5.74) is 2.26. The Bertz CT molecular complexity index is 628. The first-order valence-corrected chi connectivity index (χ1v) is 5.35. The molecule has 0 saturated carbocycles. The number of rotatable bonds is 3. The van der Waals surface area contributed by atoms with Crippen LogP contribution in [0.2, 0.25) is 0 Å². The second-order valence-electron chi connectivity index (χ2n) is 4.04. The number of carbonyl (C=O) groups excluding carboxylic acids is 1. The van der Waals surface area contributed by atoms with Crippen LogP contribution in [0, 0.1) is 24.0 Å². The monoisotopic (exact) mass is 245 g/mol. The Morgan fingerprint density at radius 1 is 1.22 bits per heavy atom. The van der Waals surface area contributed by atoms with Crippen molar-refractivity contribution in [2.45, 2.75) is 13.8 Å². The van der Waals surface area contributed by atoms with E-state index in [2.05, 4.69) is 0 Å². The van der Waals surface area contributed by atoms with Crippen molar-refractivity contribution in [3.63, 3.8) is 0 Å². The molecular formula is C13H11NO4. The molecule has 5 nitrogen and oxygen atoms in total. The highest BCUT2D eigenvalue weighted by Crippen LogP contribution is 2.21. The van der Waals surface area contributed by atoms with Gasteiger partial charge in [0.1, 0.15) is 4.92 Å². The van der Waals surface area contributed by atoms with Gasteiger partial charge in [-0.1, -0.05) is 17.7 Å². The molecule has 0 aliphatic rings. The van der Waals surface area contributed by atoms with Gasteiger partial charge in [0.05, 0.1) is 6.07 Å². The van der Waals surface area contributed by atoms with Crippen LogP contribution in [-0.2, 0) is 0 Å². The van der Waals surface area contributed by atoms with Crippen molar-refractivity contribution in [2.24, 2.45) is 0 Å². The largest absolute Gasteiger partial charge is 0.433 e. The number of furan rings is 1. The summed E-state index contributed by atoms with van der Waals surface area (Å²) >= 11 is 0. The van der Waals surface area contributed by atoms with Crippen LogP contribution in [0.1, 0.15) is 27.2 Å². The Kier molecular flexibility index (Phi) is 2.97. The normalized spacial score (nSPS) is 10.3. The summed E-state index contributed by atoms with van der Waals surface area (Å²) in [5, 5.41) is 10.5. The van der Waals surface area contributed by atoms with Crippen molar-refractivity contribution in [3.8, 4) is 0 Å². The number of carbonyl (C=O) groups is 1. The van der Waals surface area contributed by atoms with Gasteiger partial charge in [-0.2, -0.15) is 0 Å². The topological polar surface area (TPSA) is 73.3 Å². The Labute approximate surface area is 103 Å². The SMILES string of the molecule is Cc1ccc(C)c(C(=O)c2ccc([N+](=O)[O-])o2)c1. The van der Waals surface area contributed by atoms with Crippen molar-refractivity contribution >= 4 is 11.7 Å². The highest BCUT2D eigenvalue weighted by molar-refractivity contribution is 6.08. The number of aryl methyl sites for hydroxylation is 2. The standard InChI is InChI=1S/C13H11NO4/c1-8-3-4-9(2)10(7-8)13(15)11-5-6-12(18-11)14(16)17/h3-7H,1-2H3. The minimum atomic E-state index is -0.667. The molecule has 0 atom stereocenters. The number of hydrogen-bond acceptors (Lipinski definition) is 4. The van der Waals surface area contributed by atoms with Crippen LogP contribution in [0.4, 0.5) is 5.88 Å². The van der Waals surface area contributed by atoms with Crippen molar-refractivity contribution in [2.75, 3.05) is 0 Å². The van der Waals surface area contributed by atoms with Crippen molar-refractivity contribution in [1.29, 1.82) is 0 Å². The summed E-state index contributed by atoms with van der Waals surface area (Å²) in [4.78, 5) is 22.0. The first-order valence-electron chi connectivity index (χ1n) is 5.35. The third-order valence-corrected chi connectivity index (χ3v) is 2.63. The molecule has 0 N–H and O–H groups in total. The number of nitro groups is 1. The van der Waals surface area contributed by atoms with Crippen molar-refractivity contribution in [1.82, 2.24) is 0 Å². The summed E-state index contributed by atoms with van der Waals surface area (Å²) in [6.07, 6.45) is 0. The van der Waals surface area contributed by atoms with Gasteiger partial charge in [0.2, 0.25) is 5.78 Å². The lowest BCUT2D eigenvalue weighted by Gasteiger charge is -2.03. The third kappa shape index (κ3) is 2.15. The molecule has 0 fully saturated rings. The number of benzene rings is 1. The first-order chi connectivity index (χ1) is 8.49. The summed E-state index contributed by atoms with van der Waals surface area (Å²) in [6.45, 7) is 3.69. The smallest absolute Gasteiger partial charge is 0.397 e. The lowest BCUT2D eigenvalue weighted by Crippen LogP contribution is -2.02. The van der Waals surface area contributed by atoms with E-state index in [0.29, 0.717) is 5.56 Å². The Morgan fingerprint density at radius 2 is 1.94 bits per heavy atom. The summed E-state index contributed by atoms with van der Waals surface area (Å²) in [5.74, 6) is -0.789. The van der Waals surface area contributed by atoms with Crippen LogP contribution < -0.4 is 0 Å². The van der Waals surface area contributed by atoms with Gasteiger partial charge in [0.25, 0.3) is 0 Å². The van der Waals surface area contributed by atoms with E-state index >= 15 is 0 Å². The van der Waals surface area contributed by atoms with Crippen LogP contribution in [0.5, 0.6) is 0 Å². The second kappa shape index (κ2) is 4.44. The fourth-order valence-corrected chi connectivity index (χ4v) is 1.66. The molecule has 0 spiro atoms. The lowest BCUT2D eigenvalue weighted by molar-refractivity contribution is -0.402. The quantitative estimate of drug-likeness (QED) is 0.473. The van der Waals surface area contributed by atoms with Gasteiger partial charge in [-0.15, -0.1) is 0 Å². The predicted octanol–water partition coefficient (Wildman–Crippen LogP) is 3.04. The van der Waals surface area contributed by atoms with Gasteiger partial charge in [-0.25, -0.2) is 0 Å². The maximum Gasteiger partial charge on any atom is 0.433 e.